The smallest absolute Gasteiger partial charge is 0.408 e. The summed E-state index contributed by atoms with van der Waals surface area (Å²) in [6, 6.07) is 9.25. The van der Waals surface area contributed by atoms with E-state index in [9.17, 15) is 9.59 Å². The second-order valence-electron chi connectivity index (χ2n) is 8.86. The highest BCUT2D eigenvalue weighted by Gasteiger charge is 2.42. The van der Waals surface area contributed by atoms with Gasteiger partial charge in [-0.25, -0.2) is 4.79 Å². The molecule has 1 saturated heterocycles. The molecule has 1 aromatic carbocycles. The second kappa shape index (κ2) is 8.45. The fourth-order valence-electron chi connectivity index (χ4n) is 3.65. The molecule has 2 heterocycles. The number of aromatic nitrogens is 2. The number of hydrogen-bond donors (Lipinski definition) is 1. The number of nitrogens with one attached hydrogen (secondary N) is 1. The summed E-state index contributed by atoms with van der Waals surface area (Å²) < 4.78 is 10.7. The lowest BCUT2D eigenvalue weighted by molar-refractivity contribution is -0.139. The molecule has 2 aromatic rings. The van der Waals surface area contributed by atoms with E-state index < -0.39 is 17.2 Å². The number of nitrogens with zero attached hydrogens (tertiary/aromatic N) is 3. The van der Waals surface area contributed by atoms with Gasteiger partial charge < -0.3 is 19.5 Å². The SMILES string of the molecule is Cc1noc(C2CCN(C(=O)C(C)(NC(=O)OC(C)(C)C)c3ccccc3)CC2)n1. The van der Waals surface area contributed by atoms with E-state index in [1.165, 1.54) is 0 Å². The predicted octanol–water partition coefficient (Wildman–Crippen LogP) is 3.52. The molecule has 2 amide bonds. The molecular formula is C22H30N4O4. The molecular weight excluding hydrogens is 384 g/mol. The number of benzene rings is 1. The molecule has 0 radical (unpaired) electrons. The number of rotatable bonds is 4. The first-order valence-electron chi connectivity index (χ1n) is 10.2. The van der Waals surface area contributed by atoms with E-state index in [1.54, 1.807) is 39.5 Å². The van der Waals surface area contributed by atoms with Crippen molar-refractivity contribution in [3.63, 3.8) is 0 Å². The Morgan fingerprint density at radius 1 is 1.13 bits per heavy atom. The molecule has 1 N–H and O–H groups in total. The molecule has 1 aliphatic rings. The summed E-state index contributed by atoms with van der Waals surface area (Å²) in [7, 11) is 0. The highest BCUT2D eigenvalue weighted by molar-refractivity contribution is 5.91. The zero-order chi connectivity index (χ0) is 21.9. The summed E-state index contributed by atoms with van der Waals surface area (Å²) in [4.78, 5) is 32.2. The highest BCUT2D eigenvalue weighted by Crippen LogP contribution is 2.30. The number of ether oxygens (including phenoxy) is 1. The predicted molar refractivity (Wildman–Crippen MR) is 111 cm³/mol. The van der Waals surface area contributed by atoms with Crippen molar-refractivity contribution in [2.75, 3.05) is 13.1 Å². The van der Waals surface area contributed by atoms with Crippen molar-refractivity contribution in [3.05, 3.63) is 47.6 Å². The standard InChI is InChI=1S/C22H30N4O4/c1-15-23-18(30-25-15)16-11-13-26(14-12-16)19(27)22(5,17-9-7-6-8-10-17)24-20(28)29-21(2,3)4/h6-10,16H,11-14H2,1-5H3,(H,24,28). The number of hydrogen-bond acceptors (Lipinski definition) is 6. The first-order valence-corrected chi connectivity index (χ1v) is 10.2. The van der Waals surface area contributed by atoms with Crippen molar-refractivity contribution < 1.29 is 18.8 Å². The van der Waals surface area contributed by atoms with Crippen LogP contribution in [-0.4, -0.2) is 45.7 Å². The van der Waals surface area contributed by atoms with Crippen LogP contribution in [0.15, 0.2) is 34.9 Å². The van der Waals surface area contributed by atoms with E-state index in [2.05, 4.69) is 15.5 Å². The van der Waals surface area contributed by atoms with Crippen molar-refractivity contribution in [1.29, 1.82) is 0 Å². The van der Waals surface area contributed by atoms with Gasteiger partial charge >= 0.3 is 6.09 Å². The Labute approximate surface area is 177 Å². The lowest BCUT2D eigenvalue weighted by Gasteiger charge is -2.38. The van der Waals surface area contributed by atoms with Gasteiger partial charge in [0.25, 0.3) is 5.91 Å². The van der Waals surface area contributed by atoms with Gasteiger partial charge in [-0.1, -0.05) is 35.5 Å². The van der Waals surface area contributed by atoms with Crippen molar-refractivity contribution in [2.45, 2.75) is 64.5 Å². The molecule has 1 aliphatic heterocycles. The first kappa shape index (κ1) is 21.8. The van der Waals surface area contributed by atoms with E-state index >= 15 is 0 Å². The van der Waals surface area contributed by atoms with Gasteiger partial charge in [0.05, 0.1) is 0 Å². The Hall–Kier alpha value is -2.90. The maximum atomic E-state index is 13.6. The van der Waals surface area contributed by atoms with Crippen LogP contribution in [-0.2, 0) is 15.1 Å². The van der Waals surface area contributed by atoms with Gasteiger partial charge in [0, 0.05) is 19.0 Å². The summed E-state index contributed by atoms with van der Waals surface area (Å²) in [6.07, 6.45) is 0.827. The molecule has 1 atom stereocenters. The average molecular weight is 415 g/mol. The largest absolute Gasteiger partial charge is 0.444 e. The summed E-state index contributed by atoms with van der Waals surface area (Å²) in [5.41, 5.74) is -1.20. The van der Waals surface area contributed by atoms with E-state index in [-0.39, 0.29) is 11.8 Å². The van der Waals surface area contributed by atoms with Crippen LogP contribution in [0.1, 0.15) is 63.7 Å². The maximum Gasteiger partial charge on any atom is 0.408 e. The molecule has 8 heteroatoms. The summed E-state index contributed by atoms with van der Waals surface area (Å²) in [5.74, 6) is 1.20. The van der Waals surface area contributed by atoms with Gasteiger partial charge in [-0.2, -0.15) is 4.98 Å². The topological polar surface area (TPSA) is 97.6 Å². The van der Waals surface area contributed by atoms with Crippen LogP contribution in [0, 0.1) is 6.92 Å². The number of likely N-dealkylation sites (tertiary alicyclic amines) is 1. The van der Waals surface area contributed by atoms with Crippen LogP contribution in [0.2, 0.25) is 0 Å². The summed E-state index contributed by atoms with van der Waals surface area (Å²) >= 11 is 0. The van der Waals surface area contributed by atoms with Crippen LogP contribution in [0.5, 0.6) is 0 Å². The average Bonchev–Trinajstić information content (AvgIpc) is 3.13. The molecule has 0 saturated carbocycles. The van der Waals surface area contributed by atoms with Crippen LogP contribution in [0.4, 0.5) is 4.79 Å². The van der Waals surface area contributed by atoms with Gasteiger partial charge in [-0.05, 0) is 53.0 Å². The van der Waals surface area contributed by atoms with Gasteiger partial charge in [-0.15, -0.1) is 0 Å². The Morgan fingerprint density at radius 3 is 2.30 bits per heavy atom. The minimum atomic E-state index is -1.24. The van der Waals surface area contributed by atoms with Gasteiger partial charge in [-0.3, -0.25) is 4.79 Å². The molecule has 0 spiro atoms. The van der Waals surface area contributed by atoms with Crippen LogP contribution in [0.25, 0.3) is 0 Å². The van der Waals surface area contributed by atoms with Gasteiger partial charge in [0.2, 0.25) is 5.89 Å². The quantitative estimate of drug-likeness (QED) is 0.822. The molecule has 8 nitrogen and oxygen atoms in total. The molecule has 1 aromatic heterocycles. The number of piperidine rings is 1. The molecule has 1 unspecified atom stereocenters. The zero-order valence-corrected chi connectivity index (χ0v) is 18.3. The Kier molecular flexibility index (Phi) is 6.14. The van der Waals surface area contributed by atoms with E-state index in [4.69, 9.17) is 9.26 Å². The van der Waals surface area contributed by atoms with Crippen LogP contribution < -0.4 is 5.32 Å². The fourth-order valence-corrected chi connectivity index (χ4v) is 3.65. The van der Waals surface area contributed by atoms with Crippen molar-refractivity contribution in [1.82, 2.24) is 20.4 Å². The number of carbonyl (C=O) groups excluding carboxylic acids is 2. The molecule has 1 fully saturated rings. The number of amides is 2. The molecule has 0 bridgehead atoms. The van der Waals surface area contributed by atoms with Crippen LogP contribution in [0.3, 0.4) is 0 Å². The third-order valence-electron chi connectivity index (χ3n) is 5.20. The van der Waals surface area contributed by atoms with Gasteiger partial charge in [0.15, 0.2) is 5.82 Å². The third-order valence-corrected chi connectivity index (χ3v) is 5.20. The normalized spacial score (nSPS) is 17.3. The van der Waals surface area contributed by atoms with Crippen molar-refractivity contribution >= 4 is 12.0 Å². The van der Waals surface area contributed by atoms with Crippen molar-refractivity contribution in [2.24, 2.45) is 0 Å². The fraction of sp³-hybridized carbons (Fsp3) is 0.545. The lowest BCUT2D eigenvalue weighted by Crippen LogP contribution is -2.57. The highest BCUT2D eigenvalue weighted by atomic mass is 16.6. The first-order chi connectivity index (χ1) is 14.1. The summed E-state index contributed by atoms with van der Waals surface area (Å²) in [5, 5.41) is 6.67. The van der Waals surface area contributed by atoms with E-state index in [1.807, 2.05) is 30.3 Å². The van der Waals surface area contributed by atoms with E-state index in [0.717, 1.165) is 12.8 Å². The summed E-state index contributed by atoms with van der Waals surface area (Å²) in [6.45, 7) is 9.98. The van der Waals surface area contributed by atoms with Crippen LogP contribution >= 0.6 is 0 Å². The Balaban J connectivity index is 1.76. The molecule has 0 aliphatic carbocycles. The minimum absolute atomic E-state index is 0.136. The Morgan fingerprint density at radius 2 is 1.77 bits per heavy atom. The van der Waals surface area contributed by atoms with Gasteiger partial charge in [0.1, 0.15) is 11.1 Å². The Bertz CT molecular complexity index is 882. The monoisotopic (exact) mass is 414 g/mol. The second-order valence-corrected chi connectivity index (χ2v) is 8.86. The lowest BCUT2D eigenvalue weighted by atomic mass is 9.88. The molecule has 30 heavy (non-hydrogen) atoms. The molecule has 3 rings (SSSR count). The molecule has 162 valence electrons. The minimum Gasteiger partial charge on any atom is -0.444 e. The maximum absolute atomic E-state index is 13.6. The third kappa shape index (κ3) is 4.98. The number of carbonyl (C=O) groups is 2. The van der Waals surface area contributed by atoms with E-state index in [0.29, 0.717) is 30.4 Å². The number of aryl methyl sites for hydroxylation is 1. The van der Waals surface area contributed by atoms with Crippen molar-refractivity contribution in [3.8, 4) is 0 Å². The zero-order valence-electron chi connectivity index (χ0n) is 18.3. The number of alkyl carbamates (subject to hydrolysis) is 1.